The number of likely N-dealkylation sites (tertiary alicyclic amines) is 1. The van der Waals surface area contributed by atoms with Crippen LogP contribution in [0.5, 0.6) is 0 Å². The maximum absolute atomic E-state index is 12.4. The van der Waals surface area contributed by atoms with E-state index >= 15 is 0 Å². The van der Waals surface area contributed by atoms with Crippen LogP contribution < -0.4 is 0 Å². The third kappa shape index (κ3) is 4.28. The van der Waals surface area contributed by atoms with Crippen molar-refractivity contribution in [2.24, 2.45) is 0 Å². The SMILES string of the molecule is O=C(CN1CCCCC1)N1CCN(C(=O)ON2C(=O)CCC2=O)CC1. The number of hydrogen-bond donors (Lipinski definition) is 0. The second kappa shape index (κ2) is 7.81. The van der Waals surface area contributed by atoms with Crippen molar-refractivity contribution >= 4 is 23.8 Å². The number of nitrogens with zero attached hydrogens (tertiary/aromatic N) is 4. The summed E-state index contributed by atoms with van der Waals surface area (Å²) in [6.45, 7) is 3.90. The van der Waals surface area contributed by atoms with Crippen LogP contribution in [0, 0.1) is 0 Å². The van der Waals surface area contributed by atoms with Gasteiger partial charge in [0, 0.05) is 39.0 Å². The quantitative estimate of drug-likeness (QED) is 0.655. The standard InChI is InChI=1S/C16H24N4O5/c21-13-4-5-14(22)20(13)25-16(24)19-10-8-18(9-11-19)15(23)12-17-6-2-1-3-7-17/h1-12H2. The first-order valence-corrected chi connectivity index (χ1v) is 8.87. The maximum Gasteiger partial charge on any atom is 0.434 e. The van der Waals surface area contributed by atoms with Gasteiger partial charge in [-0.05, 0) is 25.9 Å². The van der Waals surface area contributed by atoms with E-state index in [1.165, 1.54) is 11.3 Å². The fraction of sp³-hybridized carbons (Fsp3) is 0.750. The summed E-state index contributed by atoms with van der Waals surface area (Å²) in [6, 6.07) is 0. The highest BCUT2D eigenvalue weighted by molar-refractivity contribution is 6.01. The molecule has 9 nitrogen and oxygen atoms in total. The molecule has 3 rings (SSSR count). The minimum Gasteiger partial charge on any atom is -0.338 e. The number of piperidine rings is 1. The van der Waals surface area contributed by atoms with Crippen LogP contribution in [0.15, 0.2) is 0 Å². The van der Waals surface area contributed by atoms with Gasteiger partial charge in [0.05, 0.1) is 6.54 Å². The van der Waals surface area contributed by atoms with Crippen molar-refractivity contribution in [2.75, 3.05) is 45.8 Å². The number of piperazine rings is 1. The fourth-order valence-corrected chi connectivity index (χ4v) is 3.34. The number of carbonyl (C=O) groups is 4. The Morgan fingerprint density at radius 2 is 1.36 bits per heavy atom. The molecule has 138 valence electrons. The zero-order valence-electron chi connectivity index (χ0n) is 14.3. The number of hydroxylamine groups is 2. The van der Waals surface area contributed by atoms with Crippen molar-refractivity contribution in [1.82, 2.24) is 19.8 Å². The van der Waals surface area contributed by atoms with Crippen molar-refractivity contribution in [3.8, 4) is 0 Å². The van der Waals surface area contributed by atoms with Gasteiger partial charge >= 0.3 is 6.09 Å². The first kappa shape index (κ1) is 17.7. The Morgan fingerprint density at radius 3 is 1.96 bits per heavy atom. The molecular formula is C16H24N4O5. The summed E-state index contributed by atoms with van der Waals surface area (Å²) in [5, 5.41) is 0.552. The monoisotopic (exact) mass is 352 g/mol. The van der Waals surface area contributed by atoms with Crippen molar-refractivity contribution < 1.29 is 24.0 Å². The predicted molar refractivity (Wildman–Crippen MR) is 86.0 cm³/mol. The average molecular weight is 352 g/mol. The van der Waals surface area contributed by atoms with Gasteiger partial charge in [-0.1, -0.05) is 6.42 Å². The van der Waals surface area contributed by atoms with Crippen LogP contribution in [-0.2, 0) is 19.2 Å². The molecule has 0 aliphatic carbocycles. The Balaban J connectivity index is 1.43. The molecule has 4 amide bonds. The smallest absolute Gasteiger partial charge is 0.338 e. The van der Waals surface area contributed by atoms with Gasteiger partial charge in [-0.3, -0.25) is 19.3 Å². The molecule has 3 heterocycles. The minimum absolute atomic E-state index is 0.0743. The van der Waals surface area contributed by atoms with Gasteiger partial charge in [-0.2, -0.15) is 0 Å². The third-order valence-corrected chi connectivity index (χ3v) is 4.87. The summed E-state index contributed by atoms with van der Waals surface area (Å²) in [6.07, 6.45) is 2.94. The van der Waals surface area contributed by atoms with Crippen molar-refractivity contribution in [3.63, 3.8) is 0 Å². The highest BCUT2D eigenvalue weighted by atomic mass is 16.7. The molecule has 3 aliphatic rings. The fourth-order valence-electron chi connectivity index (χ4n) is 3.34. The number of carbonyl (C=O) groups excluding carboxylic acids is 4. The van der Waals surface area contributed by atoms with Crippen LogP contribution >= 0.6 is 0 Å². The second-order valence-electron chi connectivity index (χ2n) is 6.64. The molecule has 0 radical (unpaired) electrons. The lowest BCUT2D eigenvalue weighted by molar-refractivity contribution is -0.174. The lowest BCUT2D eigenvalue weighted by atomic mass is 10.1. The average Bonchev–Trinajstić information content (AvgIpc) is 2.94. The Hall–Kier alpha value is -2.16. The zero-order chi connectivity index (χ0) is 17.8. The summed E-state index contributed by atoms with van der Waals surface area (Å²) in [5.41, 5.74) is 0. The molecule has 0 bridgehead atoms. The first-order valence-electron chi connectivity index (χ1n) is 8.87. The molecule has 0 aromatic carbocycles. The van der Waals surface area contributed by atoms with Crippen LogP contribution in [0.3, 0.4) is 0 Å². The molecule has 3 saturated heterocycles. The lowest BCUT2D eigenvalue weighted by Crippen LogP contribution is -2.53. The molecule has 0 unspecified atom stereocenters. The molecule has 0 atom stereocenters. The predicted octanol–water partition coefficient (Wildman–Crippen LogP) is -0.183. The Kier molecular flexibility index (Phi) is 5.52. The van der Waals surface area contributed by atoms with Crippen LogP contribution in [-0.4, -0.2) is 89.4 Å². The molecule has 0 aromatic heterocycles. The van der Waals surface area contributed by atoms with Gasteiger partial charge in [0.2, 0.25) is 5.91 Å². The molecule has 9 heteroatoms. The first-order chi connectivity index (χ1) is 12.0. The molecule has 0 N–H and O–H groups in total. The number of rotatable bonds is 3. The van der Waals surface area contributed by atoms with Crippen molar-refractivity contribution in [1.29, 1.82) is 0 Å². The number of imide groups is 1. The van der Waals surface area contributed by atoms with Crippen LogP contribution in [0.25, 0.3) is 0 Å². The van der Waals surface area contributed by atoms with E-state index in [4.69, 9.17) is 4.84 Å². The van der Waals surface area contributed by atoms with E-state index < -0.39 is 17.9 Å². The van der Waals surface area contributed by atoms with E-state index in [2.05, 4.69) is 4.90 Å². The van der Waals surface area contributed by atoms with Gasteiger partial charge in [-0.15, -0.1) is 5.06 Å². The maximum atomic E-state index is 12.4. The molecule has 0 saturated carbocycles. The third-order valence-electron chi connectivity index (χ3n) is 4.87. The van der Waals surface area contributed by atoms with Crippen LogP contribution in [0.4, 0.5) is 4.79 Å². The summed E-state index contributed by atoms with van der Waals surface area (Å²) in [4.78, 5) is 57.7. The molecule has 3 aliphatic heterocycles. The second-order valence-corrected chi connectivity index (χ2v) is 6.64. The van der Waals surface area contributed by atoms with E-state index in [-0.39, 0.29) is 18.7 Å². The van der Waals surface area contributed by atoms with Crippen molar-refractivity contribution in [2.45, 2.75) is 32.1 Å². The van der Waals surface area contributed by atoms with Crippen LogP contribution in [0.1, 0.15) is 32.1 Å². The van der Waals surface area contributed by atoms with Crippen molar-refractivity contribution in [3.05, 3.63) is 0 Å². The van der Waals surface area contributed by atoms with E-state index in [1.54, 1.807) is 4.90 Å². The van der Waals surface area contributed by atoms with Crippen LogP contribution in [0.2, 0.25) is 0 Å². The summed E-state index contributed by atoms with van der Waals surface area (Å²) >= 11 is 0. The summed E-state index contributed by atoms with van der Waals surface area (Å²) < 4.78 is 0. The van der Waals surface area contributed by atoms with Gasteiger partial charge in [0.1, 0.15) is 0 Å². The Bertz CT molecular complexity index is 537. The zero-order valence-corrected chi connectivity index (χ0v) is 14.3. The molecule has 3 fully saturated rings. The van der Waals surface area contributed by atoms with E-state index in [9.17, 15) is 19.2 Å². The summed E-state index contributed by atoms with van der Waals surface area (Å²) in [5.74, 6) is -0.901. The van der Waals surface area contributed by atoms with Gasteiger partial charge < -0.3 is 14.6 Å². The number of amides is 4. The molecule has 0 spiro atoms. The van der Waals surface area contributed by atoms with E-state index in [1.807, 2.05) is 0 Å². The lowest BCUT2D eigenvalue weighted by Gasteiger charge is -2.36. The largest absolute Gasteiger partial charge is 0.434 e. The van der Waals surface area contributed by atoms with E-state index in [0.717, 1.165) is 25.9 Å². The normalized spacial score (nSPS) is 22.5. The summed E-state index contributed by atoms with van der Waals surface area (Å²) in [7, 11) is 0. The molecular weight excluding hydrogens is 328 g/mol. The highest BCUT2D eigenvalue weighted by Gasteiger charge is 2.35. The topological polar surface area (TPSA) is 90.5 Å². The minimum atomic E-state index is -0.716. The van der Waals surface area contributed by atoms with Gasteiger partial charge in [0.15, 0.2) is 0 Å². The molecule has 0 aromatic rings. The number of hydrogen-bond acceptors (Lipinski definition) is 6. The Morgan fingerprint density at radius 1 is 0.800 bits per heavy atom. The Labute approximate surface area is 146 Å². The van der Waals surface area contributed by atoms with Gasteiger partial charge in [0.25, 0.3) is 11.8 Å². The highest BCUT2D eigenvalue weighted by Crippen LogP contribution is 2.14. The van der Waals surface area contributed by atoms with Gasteiger partial charge in [-0.25, -0.2) is 4.79 Å². The van der Waals surface area contributed by atoms with E-state index in [0.29, 0.717) is 37.8 Å². The molecule has 25 heavy (non-hydrogen) atoms.